The fourth-order valence-corrected chi connectivity index (χ4v) is 4.35. The van der Waals surface area contributed by atoms with Gasteiger partial charge in [0.15, 0.2) is 0 Å². The summed E-state index contributed by atoms with van der Waals surface area (Å²) in [5.74, 6) is -0.874. The number of nitrogens with zero attached hydrogens (tertiary/aromatic N) is 4. The summed E-state index contributed by atoms with van der Waals surface area (Å²) in [6.45, 7) is 1.36. The fourth-order valence-electron chi connectivity index (χ4n) is 4.35. The van der Waals surface area contributed by atoms with E-state index in [1.54, 1.807) is 15.6 Å². The van der Waals surface area contributed by atoms with Crippen LogP contribution in [0.5, 0.6) is 0 Å². The van der Waals surface area contributed by atoms with Gasteiger partial charge in [0.2, 0.25) is 11.8 Å². The van der Waals surface area contributed by atoms with Crippen LogP contribution in [0.25, 0.3) is 5.69 Å². The second-order valence-electron chi connectivity index (χ2n) is 7.83. The van der Waals surface area contributed by atoms with E-state index in [0.717, 1.165) is 29.9 Å². The molecule has 4 heterocycles. The summed E-state index contributed by atoms with van der Waals surface area (Å²) >= 11 is 0. The average molecular weight is 394 g/mol. The van der Waals surface area contributed by atoms with Crippen LogP contribution in [0.1, 0.15) is 59.8 Å². The Morgan fingerprint density at radius 3 is 2.79 bits per heavy atom. The summed E-state index contributed by atoms with van der Waals surface area (Å²) < 4.78 is 1.69. The van der Waals surface area contributed by atoms with Gasteiger partial charge in [-0.3, -0.25) is 19.7 Å². The molecule has 0 bridgehead atoms. The number of amides is 3. The minimum absolute atomic E-state index is 0.189. The number of carbonyl (C=O) groups is 3. The summed E-state index contributed by atoms with van der Waals surface area (Å²) in [5, 5.41) is 14.3. The highest BCUT2D eigenvalue weighted by Crippen LogP contribution is 2.29. The Bertz CT molecular complexity index is 994. The predicted octanol–water partition coefficient (Wildman–Crippen LogP) is 0.843. The SMILES string of the molecule is O=C1CCC(N2Cc3ccc(-n4cc(C5CCCCN5)nn4)cc3C2=O)C(=O)N1. The lowest BCUT2D eigenvalue weighted by Gasteiger charge is -2.29. The second kappa shape index (κ2) is 7.07. The van der Waals surface area contributed by atoms with Crippen molar-refractivity contribution in [2.45, 2.75) is 50.7 Å². The van der Waals surface area contributed by atoms with Crippen molar-refractivity contribution in [3.63, 3.8) is 0 Å². The van der Waals surface area contributed by atoms with E-state index in [2.05, 4.69) is 20.9 Å². The van der Waals surface area contributed by atoms with Crippen molar-refractivity contribution in [3.8, 4) is 5.69 Å². The highest BCUT2D eigenvalue weighted by Gasteiger charge is 2.39. The molecule has 29 heavy (non-hydrogen) atoms. The van der Waals surface area contributed by atoms with Crippen LogP contribution in [-0.2, 0) is 16.1 Å². The number of benzene rings is 1. The first-order valence-corrected chi connectivity index (χ1v) is 10.0. The van der Waals surface area contributed by atoms with Gasteiger partial charge in [0, 0.05) is 18.5 Å². The molecular weight excluding hydrogens is 372 g/mol. The van der Waals surface area contributed by atoms with Crippen LogP contribution in [0, 0.1) is 0 Å². The van der Waals surface area contributed by atoms with Crippen LogP contribution in [0.4, 0.5) is 0 Å². The largest absolute Gasteiger partial charge is 0.322 e. The topological polar surface area (TPSA) is 109 Å². The van der Waals surface area contributed by atoms with Crippen molar-refractivity contribution >= 4 is 17.7 Å². The summed E-state index contributed by atoms with van der Waals surface area (Å²) in [6.07, 6.45) is 5.91. The van der Waals surface area contributed by atoms with E-state index in [0.29, 0.717) is 18.5 Å². The molecule has 0 spiro atoms. The quantitative estimate of drug-likeness (QED) is 0.747. The number of aromatic nitrogens is 3. The number of hydrogen-bond acceptors (Lipinski definition) is 6. The van der Waals surface area contributed by atoms with E-state index in [9.17, 15) is 14.4 Å². The normalized spacial score (nSPS) is 24.6. The zero-order chi connectivity index (χ0) is 20.0. The van der Waals surface area contributed by atoms with E-state index in [-0.39, 0.29) is 24.3 Å². The smallest absolute Gasteiger partial charge is 0.255 e. The van der Waals surface area contributed by atoms with Crippen molar-refractivity contribution in [2.24, 2.45) is 0 Å². The highest BCUT2D eigenvalue weighted by atomic mass is 16.2. The standard InChI is InChI=1S/C20H22N6O3/c27-18-7-6-17(19(28)22-18)25-10-12-4-5-13(9-14(12)20(25)29)26-11-16(23-24-26)15-3-1-2-8-21-15/h4-5,9,11,15,17,21H,1-3,6-8,10H2,(H,22,27,28). The van der Waals surface area contributed by atoms with Crippen molar-refractivity contribution in [1.82, 2.24) is 30.5 Å². The molecule has 2 atom stereocenters. The molecule has 3 amide bonds. The van der Waals surface area contributed by atoms with Gasteiger partial charge in [0.05, 0.1) is 17.9 Å². The zero-order valence-corrected chi connectivity index (χ0v) is 15.9. The van der Waals surface area contributed by atoms with Crippen LogP contribution in [0.15, 0.2) is 24.4 Å². The molecule has 2 aromatic rings. The number of carbonyl (C=O) groups excluding carboxylic acids is 3. The second-order valence-corrected chi connectivity index (χ2v) is 7.83. The van der Waals surface area contributed by atoms with Crippen LogP contribution in [-0.4, -0.2) is 50.2 Å². The molecule has 9 heteroatoms. The molecule has 9 nitrogen and oxygen atoms in total. The first-order valence-electron chi connectivity index (χ1n) is 10.0. The maximum Gasteiger partial charge on any atom is 0.255 e. The number of rotatable bonds is 3. The molecule has 5 rings (SSSR count). The molecule has 0 saturated carbocycles. The number of hydrogen-bond donors (Lipinski definition) is 2. The minimum atomic E-state index is -0.605. The summed E-state index contributed by atoms with van der Waals surface area (Å²) in [6, 6.07) is 5.22. The van der Waals surface area contributed by atoms with Crippen molar-refractivity contribution in [1.29, 1.82) is 0 Å². The van der Waals surface area contributed by atoms with Crippen LogP contribution < -0.4 is 10.6 Å². The van der Waals surface area contributed by atoms with Gasteiger partial charge in [-0.25, -0.2) is 4.68 Å². The molecular formula is C20H22N6O3. The Morgan fingerprint density at radius 2 is 2.00 bits per heavy atom. The zero-order valence-electron chi connectivity index (χ0n) is 15.9. The lowest BCUT2D eigenvalue weighted by molar-refractivity contribution is -0.136. The molecule has 1 aromatic carbocycles. The Balaban J connectivity index is 1.37. The van der Waals surface area contributed by atoms with Gasteiger partial charge in [-0.1, -0.05) is 17.7 Å². The first kappa shape index (κ1) is 18.0. The van der Waals surface area contributed by atoms with Gasteiger partial charge in [-0.15, -0.1) is 5.10 Å². The van der Waals surface area contributed by atoms with Crippen molar-refractivity contribution < 1.29 is 14.4 Å². The summed E-state index contributed by atoms with van der Waals surface area (Å²) in [4.78, 5) is 38.1. The Kier molecular flexibility index (Phi) is 4.39. The third kappa shape index (κ3) is 3.21. The average Bonchev–Trinajstić information content (AvgIpc) is 3.34. The molecule has 1 aromatic heterocycles. The first-order chi connectivity index (χ1) is 14.1. The molecule has 0 radical (unpaired) electrons. The van der Waals surface area contributed by atoms with Gasteiger partial charge < -0.3 is 10.2 Å². The molecule has 2 fully saturated rings. The number of piperidine rings is 2. The van der Waals surface area contributed by atoms with Gasteiger partial charge in [0.25, 0.3) is 5.91 Å². The molecule has 0 aliphatic carbocycles. The number of nitrogens with one attached hydrogen (secondary N) is 2. The lowest BCUT2D eigenvalue weighted by atomic mass is 10.0. The number of fused-ring (bicyclic) bond motifs is 1. The van der Waals surface area contributed by atoms with E-state index in [4.69, 9.17) is 0 Å². The Labute approximate surface area is 167 Å². The maximum atomic E-state index is 13.0. The van der Waals surface area contributed by atoms with E-state index in [1.807, 2.05) is 18.3 Å². The summed E-state index contributed by atoms with van der Waals surface area (Å²) in [7, 11) is 0. The predicted molar refractivity (Wildman–Crippen MR) is 102 cm³/mol. The molecule has 2 unspecified atom stereocenters. The van der Waals surface area contributed by atoms with Crippen LogP contribution >= 0.6 is 0 Å². The van der Waals surface area contributed by atoms with E-state index >= 15 is 0 Å². The van der Waals surface area contributed by atoms with Crippen molar-refractivity contribution in [3.05, 3.63) is 41.2 Å². The van der Waals surface area contributed by atoms with Gasteiger partial charge in [0.1, 0.15) is 11.7 Å². The highest BCUT2D eigenvalue weighted by molar-refractivity contribution is 6.05. The monoisotopic (exact) mass is 394 g/mol. The Hall–Kier alpha value is -3.07. The minimum Gasteiger partial charge on any atom is -0.322 e. The molecule has 3 aliphatic heterocycles. The molecule has 3 aliphatic rings. The third-order valence-electron chi connectivity index (χ3n) is 5.95. The third-order valence-corrected chi connectivity index (χ3v) is 5.95. The fraction of sp³-hybridized carbons (Fsp3) is 0.450. The summed E-state index contributed by atoms with van der Waals surface area (Å²) in [5.41, 5.74) is 3.11. The maximum absolute atomic E-state index is 13.0. The Morgan fingerprint density at radius 1 is 1.10 bits per heavy atom. The van der Waals surface area contributed by atoms with E-state index in [1.165, 1.54) is 12.8 Å². The molecule has 2 N–H and O–H groups in total. The van der Waals surface area contributed by atoms with Gasteiger partial charge >= 0.3 is 0 Å². The molecule has 2 saturated heterocycles. The number of imide groups is 1. The molecule has 150 valence electrons. The van der Waals surface area contributed by atoms with E-state index < -0.39 is 11.9 Å². The van der Waals surface area contributed by atoms with Gasteiger partial charge in [-0.05, 0) is 43.5 Å². The van der Waals surface area contributed by atoms with Crippen LogP contribution in [0.2, 0.25) is 0 Å². The van der Waals surface area contributed by atoms with Crippen LogP contribution in [0.3, 0.4) is 0 Å². The van der Waals surface area contributed by atoms with Gasteiger partial charge in [-0.2, -0.15) is 0 Å². The van der Waals surface area contributed by atoms with Crippen molar-refractivity contribution in [2.75, 3.05) is 6.54 Å². The lowest BCUT2D eigenvalue weighted by Crippen LogP contribution is -2.52.